The third-order valence-corrected chi connectivity index (χ3v) is 6.62. The summed E-state index contributed by atoms with van der Waals surface area (Å²) in [5.74, 6) is 0.873. The highest BCUT2D eigenvalue weighted by molar-refractivity contribution is 7.10. The SMILES string of the molecule is CC1=C(C(=O)OCC(C)C)C(c2ccc(C)o2)C2=C(CC(c3cccs3)CC2=O)N1. The van der Waals surface area contributed by atoms with Gasteiger partial charge < -0.3 is 14.5 Å². The van der Waals surface area contributed by atoms with Crippen LogP contribution < -0.4 is 5.32 Å². The van der Waals surface area contributed by atoms with Crippen LogP contribution in [0.15, 0.2) is 56.6 Å². The first-order chi connectivity index (χ1) is 14.3. The molecule has 6 heteroatoms. The number of ether oxygens (including phenoxy) is 1. The Morgan fingerprint density at radius 2 is 2.07 bits per heavy atom. The maximum Gasteiger partial charge on any atom is 0.336 e. The summed E-state index contributed by atoms with van der Waals surface area (Å²) in [5, 5.41) is 5.41. The summed E-state index contributed by atoms with van der Waals surface area (Å²) in [6, 6.07) is 7.83. The van der Waals surface area contributed by atoms with E-state index in [2.05, 4.69) is 11.4 Å². The van der Waals surface area contributed by atoms with Crippen molar-refractivity contribution in [2.75, 3.05) is 6.61 Å². The minimum atomic E-state index is -0.536. The van der Waals surface area contributed by atoms with Gasteiger partial charge >= 0.3 is 5.97 Å². The molecule has 1 aliphatic carbocycles. The number of carbonyl (C=O) groups excluding carboxylic acids is 2. The standard InChI is InChI=1S/C24H27NO4S/c1-13(2)12-28-24(27)21-15(4)25-17-10-16(20-6-5-9-30-20)11-18(26)22(17)23(21)19-8-7-14(3)29-19/h5-9,13,16,23,25H,10-12H2,1-4H3. The molecule has 5 nitrogen and oxygen atoms in total. The molecule has 2 atom stereocenters. The topological polar surface area (TPSA) is 68.5 Å². The minimum absolute atomic E-state index is 0.0582. The lowest BCUT2D eigenvalue weighted by molar-refractivity contribution is -0.140. The molecule has 1 aliphatic heterocycles. The Kier molecular flexibility index (Phi) is 5.69. The van der Waals surface area contributed by atoms with Crippen molar-refractivity contribution in [3.05, 3.63) is 68.6 Å². The van der Waals surface area contributed by atoms with Crippen LogP contribution in [0.4, 0.5) is 0 Å². The van der Waals surface area contributed by atoms with Crippen LogP contribution in [0.3, 0.4) is 0 Å². The van der Waals surface area contributed by atoms with Gasteiger partial charge in [0.25, 0.3) is 0 Å². The van der Waals surface area contributed by atoms with Gasteiger partial charge in [0, 0.05) is 34.2 Å². The Balaban J connectivity index is 1.75. The number of aryl methyl sites for hydroxylation is 1. The van der Waals surface area contributed by atoms with Gasteiger partial charge in [0.15, 0.2) is 5.78 Å². The van der Waals surface area contributed by atoms with E-state index in [4.69, 9.17) is 9.15 Å². The van der Waals surface area contributed by atoms with Crippen molar-refractivity contribution in [1.29, 1.82) is 0 Å². The lowest BCUT2D eigenvalue weighted by atomic mass is 9.74. The summed E-state index contributed by atoms with van der Waals surface area (Å²) < 4.78 is 11.5. The number of thiophene rings is 1. The van der Waals surface area contributed by atoms with Crippen molar-refractivity contribution in [3.8, 4) is 0 Å². The lowest BCUT2D eigenvalue weighted by Crippen LogP contribution is -2.36. The third kappa shape index (κ3) is 3.88. The Hall–Kier alpha value is -2.60. The fourth-order valence-electron chi connectivity index (χ4n) is 4.25. The van der Waals surface area contributed by atoms with Crippen LogP contribution in [0.25, 0.3) is 0 Å². The van der Waals surface area contributed by atoms with E-state index >= 15 is 0 Å². The van der Waals surface area contributed by atoms with Gasteiger partial charge in [0.2, 0.25) is 0 Å². The first kappa shape index (κ1) is 20.7. The molecule has 2 aromatic rings. The minimum Gasteiger partial charge on any atom is -0.465 e. The first-order valence-corrected chi connectivity index (χ1v) is 11.2. The van der Waals surface area contributed by atoms with Crippen molar-refractivity contribution in [2.45, 2.75) is 52.4 Å². The van der Waals surface area contributed by atoms with Gasteiger partial charge in [-0.05, 0) is 49.8 Å². The average molecular weight is 426 g/mol. The summed E-state index contributed by atoms with van der Waals surface area (Å²) in [6.07, 6.45) is 1.17. The molecule has 0 aromatic carbocycles. The van der Waals surface area contributed by atoms with E-state index in [-0.39, 0.29) is 17.6 Å². The molecule has 30 heavy (non-hydrogen) atoms. The van der Waals surface area contributed by atoms with Gasteiger partial charge in [-0.1, -0.05) is 19.9 Å². The normalized spacial score (nSPS) is 21.7. The van der Waals surface area contributed by atoms with Crippen LogP contribution >= 0.6 is 11.3 Å². The average Bonchev–Trinajstić information content (AvgIpc) is 3.36. The summed E-state index contributed by atoms with van der Waals surface area (Å²) >= 11 is 1.68. The van der Waals surface area contributed by atoms with Crippen LogP contribution in [0, 0.1) is 12.8 Å². The smallest absolute Gasteiger partial charge is 0.336 e. The molecular formula is C24H27NO4S. The first-order valence-electron chi connectivity index (χ1n) is 10.4. The third-order valence-electron chi connectivity index (χ3n) is 5.59. The zero-order valence-electron chi connectivity index (χ0n) is 17.8. The number of Topliss-reactive ketones (excluding diaryl/α,β-unsaturated/α-hetero) is 1. The van der Waals surface area contributed by atoms with E-state index in [0.29, 0.717) is 29.9 Å². The van der Waals surface area contributed by atoms with E-state index in [1.807, 2.05) is 51.3 Å². The summed E-state index contributed by atoms with van der Waals surface area (Å²) in [5.41, 5.74) is 2.72. The quantitative estimate of drug-likeness (QED) is 0.666. The largest absolute Gasteiger partial charge is 0.465 e. The molecule has 0 fully saturated rings. The number of hydrogen-bond donors (Lipinski definition) is 1. The van der Waals surface area contributed by atoms with Gasteiger partial charge in [-0.3, -0.25) is 4.79 Å². The summed E-state index contributed by atoms with van der Waals surface area (Å²) in [4.78, 5) is 27.6. The van der Waals surface area contributed by atoms with E-state index in [9.17, 15) is 9.59 Å². The van der Waals surface area contributed by atoms with Crippen molar-refractivity contribution in [1.82, 2.24) is 5.32 Å². The molecular weight excluding hydrogens is 398 g/mol. The number of dihydropyridines is 1. The number of esters is 1. The lowest BCUT2D eigenvalue weighted by Gasteiger charge is -2.35. The Labute approximate surface area is 180 Å². The number of ketones is 1. The molecule has 0 saturated carbocycles. The van der Waals surface area contributed by atoms with Gasteiger partial charge in [-0.15, -0.1) is 11.3 Å². The second-order valence-electron chi connectivity index (χ2n) is 8.47. The number of carbonyl (C=O) groups is 2. The molecule has 2 aromatic heterocycles. The van der Waals surface area contributed by atoms with Gasteiger partial charge in [-0.2, -0.15) is 0 Å². The van der Waals surface area contributed by atoms with E-state index in [1.54, 1.807) is 11.3 Å². The van der Waals surface area contributed by atoms with Gasteiger partial charge in [0.1, 0.15) is 11.5 Å². The predicted octanol–water partition coefficient (Wildman–Crippen LogP) is 5.21. The van der Waals surface area contributed by atoms with E-state index in [1.165, 1.54) is 4.88 Å². The highest BCUT2D eigenvalue weighted by atomic mass is 32.1. The zero-order chi connectivity index (χ0) is 21.4. The molecule has 3 heterocycles. The van der Waals surface area contributed by atoms with E-state index in [0.717, 1.165) is 23.6 Å². The Morgan fingerprint density at radius 1 is 1.27 bits per heavy atom. The maximum atomic E-state index is 13.4. The molecule has 1 N–H and O–H groups in total. The molecule has 0 amide bonds. The van der Waals surface area contributed by atoms with Crippen molar-refractivity contribution in [2.24, 2.45) is 5.92 Å². The van der Waals surface area contributed by atoms with Crippen molar-refractivity contribution in [3.63, 3.8) is 0 Å². The van der Waals surface area contributed by atoms with Crippen molar-refractivity contribution >= 4 is 23.1 Å². The fraction of sp³-hybridized carbons (Fsp3) is 0.417. The highest BCUT2D eigenvalue weighted by Crippen LogP contribution is 2.46. The zero-order valence-corrected chi connectivity index (χ0v) is 18.6. The predicted molar refractivity (Wildman–Crippen MR) is 116 cm³/mol. The van der Waals surface area contributed by atoms with Gasteiger partial charge in [0.05, 0.1) is 18.1 Å². The van der Waals surface area contributed by atoms with Crippen LogP contribution in [0.5, 0.6) is 0 Å². The Bertz CT molecular complexity index is 1030. The van der Waals surface area contributed by atoms with Crippen LogP contribution in [-0.2, 0) is 14.3 Å². The number of nitrogens with one attached hydrogen (secondary N) is 1. The fourth-order valence-corrected chi connectivity index (χ4v) is 5.08. The van der Waals surface area contributed by atoms with Crippen LogP contribution in [0.2, 0.25) is 0 Å². The number of rotatable bonds is 5. The monoisotopic (exact) mass is 425 g/mol. The molecule has 0 spiro atoms. The van der Waals surface area contributed by atoms with Crippen molar-refractivity contribution < 1.29 is 18.7 Å². The van der Waals surface area contributed by atoms with Gasteiger partial charge in [-0.25, -0.2) is 4.79 Å². The number of allylic oxidation sites excluding steroid dienone is 3. The molecule has 4 rings (SSSR count). The summed E-state index contributed by atoms with van der Waals surface area (Å²) in [6.45, 7) is 8.06. The molecule has 2 unspecified atom stereocenters. The van der Waals surface area contributed by atoms with E-state index < -0.39 is 11.9 Å². The number of furan rings is 1. The highest BCUT2D eigenvalue weighted by Gasteiger charge is 2.43. The Morgan fingerprint density at radius 3 is 2.70 bits per heavy atom. The van der Waals surface area contributed by atoms with Crippen LogP contribution in [0.1, 0.15) is 61.8 Å². The molecule has 0 saturated heterocycles. The molecule has 0 radical (unpaired) electrons. The molecule has 0 bridgehead atoms. The second-order valence-corrected chi connectivity index (χ2v) is 9.45. The molecule has 158 valence electrons. The second kappa shape index (κ2) is 8.26. The maximum absolute atomic E-state index is 13.4. The number of hydrogen-bond acceptors (Lipinski definition) is 6. The summed E-state index contributed by atoms with van der Waals surface area (Å²) in [7, 11) is 0. The van der Waals surface area contributed by atoms with Crippen LogP contribution in [-0.4, -0.2) is 18.4 Å². The molecule has 2 aliphatic rings.